The Kier molecular flexibility index (Phi) is 4.48. The minimum atomic E-state index is -1.30. The van der Waals surface area contributed by atoms with E-state index in [0.29, 0.717) is 12.1 Å². The van der Waals surface area contributed by atoms with Gasteiger partial charge in [-0.1, -0.05) is 0 Å². The monoisotopic (exact) mass is 299 g/mol. The molecule has 0 aliphatic rings. The maximum absolute atomic E-state index is 11.0. The second-order valence-electron chi connectivity index (χ2n) is 3.92. The van der Waals surface area contributed by atoms with Crippen molar-refractivity contribution in [2.75, 3.05) is 0 Å². The molecule has 0 saturated heterocycles. The van der Waals surface area contributed by atoms with Crippen LogP contribution in [0.25, 0.3) is 0 Å². The Morgan fingerprint density at radius 3 is 1.76 bits per heavy atom. The van der Waals surface area contributed by atoms with Crippen LogP contribution < -0.4 is 0 Å². The van der Waals surface area contributed by atoms with Crippen LogP contribution in [0.2, 0.25) is 0 Å². The Hall–Kier alpha value is -3.11. The molecule has 0 spiro atoms. The van der Waals surface area contributed by atoms with Crippen molar-refractivity contribution in [3.8, 4) is 0 Å². The smallest absolute Gasteiger partial charge is 0.303 e. The summed E-state index contributed by atoms with van der Waals surface area (Å²) in [6.07, 6.45) is -1.30. The standard InChI is InChI=1S/C10H9N3O8/c1-5(21-6(2)14)10-8(12(17)18)3-7(11(15)16)4-9(10)13(19)20/h3-5H,1-2H3. The first-order valence-electron chi connectivity index (χ1n) is 5.43. The highest BCUT2D eigenvalue weighted by Gasteiger charge is 2.34. The number of esters is 1. The summed E-state index contributed by atoms with van der Waals surface area (Å²) in [5, 5.41) is 32.6. The van der Waals surface area contributed by atoms with Crippen LogP contribution in [-0.4, -0.2) is 20.7 Å². The molecular formula is C10H9N3O8. The van der Waals surface area contributed by atoms with Gasteiger partial charge in [0.25, 0.3) is 17.1 Å². The fourth-order valence-electron chi connectivity index (χ4n) is 1.74. The second-order valence-corrected chi connectivity index (χ2v) is 3.92. The lowest BCUT2D eigenvalue weighted by Crippen LogP contribution is -2.10. The summed E-state index contributed by atoms with van der Waals surface area (Å²) in [5.74, 6) is -0.801. The number of carbonyl (C=O) groups excluding carboxylic acids is 1. The van der Waals surface area contributed by atoms with E-state index in [1.165, 1.54) is 6.92 Å². The molecule has 1 atom stereocenters. The summed E-state index contributed by atoms with van der Waals surface area (Å²) in [6.45, 7) is 2.22. The van der Waals surface area contributed by atoms with Crippen LogP contribution in [0.4, 0.5) is 17.1 Å². The van der Waals surface area contributed by atoms with Gasteiger partial charge in [-0.05, 0) is 6.92 Å². The van der Waals surface area contributed by atoms with Gasteiger partial charge in [-0.3, -0.25) is 35.1 Å². The summed E-state index contributed by atoms with van der Waals surface area (Å²) in [5.41, 5.74) is -3.02. The fraction of sp³-hybridized carbons (Fsp3) is 0.300. The Balaban J connectivity index is 3.64. The molecule has 0 heterocycles. The van der Waals surface area contributed by atoms with E-state index in [-0.39, 0.29) is 0 Å². The molecule has 1 rings (SSSR count). The summed E-state index contributed by atoms with van der Waals surface area (Å²) in [6, 6.07) is 1.17. The van der Waals surface area contributed by atoms with E-state index < -0.39 is 49.5 Å². The molecule has 1 aromatic rings. The van der Waals surface area contributed by atoms with E-state index >= 15 is 0 Å². The fourth-order valence-corrected chi connectivity index (χ4v) is 1.74. The van der Waals surface area contributed by atoms with Gasteiger partial charge < -0.3 is 4.74 Å². The average Bonchev–Trinajstić information content (AvgIpc) is 2.35. The van der Waals surface area contributed by atoms with Crippen LogP contribution in [-0.2, 0) is 9.53 Å². The Morgan fingerprint density at radius 1 is 1.05 bits per heavy atom. The van der Waals surface area contributed by atoms with E-state index in [9.17, 15) is 35.1 Å². The molecule has 1 unspecified atom stereocenters. The third-order valence-corrected chi connectivity index (χ3v) is 2.47. The highest BCUT2D eigenvalue weighted by Crippen LogP contribution is 2.38. The first kappa shape index (κ1) is 15.9. The number of nitro benzene ring substituents is 3. The number of non-ortho nitro benzene ring substituents is 1. The van der Waals surface area contributed by atoms with Gasteiger partial charge in [0.2, 0.25) is 0 Å². The quantitative estimate of drug-likeness (QED) is 0.454. The normalized spacial score (nSPS) is 11.5. The number of rotatable bonds is 5. The van der Waals surface area contributed by atoms with Crippen molar-refractivity contribution in [2.24, 2.45) is 0 Å². The van der Waals surface area contributed by atoms with Gasteiger partial charge >= 0.3 is 5.97 Å². The lowest BCUT2D eigenvalue weighted by atomic mass is 10.0. The zero-order chi connectivity index (χ0) is 16.3. The van der Waals surface area contributed by atoms with Crippen molar-refractivity contribution in [1.29, 1.82) is 0 Å². The Labute approximate surface area is 116 Å². The number of ether oxygens (including phenoxy) is 1. The SMILES string of the molecule is CC(=O)OC(C)c1c([N+](=O)[O-])cc([N+](=O)[O-])cc1[N+](=O)[O-]. The van der Waals surface area contributed by atoms with Gasteiger partial charge in [0.1, 0.15) is 11.7 Å². The molecule has 0 N–H and O–H groups in total. The molecule has 0 bridgehead atoms. The third-order valence-electron chi connectivity index (χ3n) is 2.47. The average molecular weight is 299 g/mol. The van der Waals surface area contributed by atoms with Gasteiger partial charge in [0.15, 0.2) is 0 Å². The first-order chi connectivity index (χ1) is 9.65. The minimum absolute atomic E-state index is 0.509. The maximum Gasteiger partial charge on any atom is 0.303 e. The molecule has 0 aliphatic heterocycles. The molecule has 21 heavy (non-hydrogen) atoms. The summed E-state index contributed by atoms with van der Waals surface area (Å²) in [4.78, 5) is 40.5. The molecule has 0 radical (unpaired) electrons. The predicted molar refractivity (Wildman–Crippen MR) is 66.6 cm³/mol. The second kappa shape index (κ2) is 5.90. The van der Waals surface area contributed by atoms with Crippen LogP contribution in [0.15, 0.2) is 12.1 Å². The molecule has 112 valence electrons. The van der Waals surface area contributed by atoms with Gasteiger partial charge in [0.05, 0.1) is 26.9 Å². The molecule has 1 aromatic carbocycles. The van der Waals surface area contributed by atoms with E-state index in [1.807, 2.05) is 0 Å². The largest absolute Gasteiger partial charge is 0.457 e. The highest BCUT2D eigenvalue weighted by molar-refractivity contribution is 5.68. The number of hydrogen-bond acceptors (Lipinski definition) is 8. The molecule has 0 aliphatic carbocycles. The van der Waals surface area contributed by atoms with E-state index in [2.05, 4.69) is 0 Å². The van der Waals surface area contributed by atoms with Crippen LogP contribution in [0.5, 0.6) is 0 Å². The third kappa shape index (κ3) is 3.46. The number of nitrogens with zero attached hydrogens (tertiary/aromatic N) is 3. The Morgan fingerprint density at radius 2 is 1.48 bits per heavy atom. The summed E-state index contributed by atoms with van der Waals surface area (Å²) >= 11 is 0. The van der Waals surface area contributed by atoms with Crippen molar-refractivity contribution in [3.05, 3.63) is 48.0 Å². The topological polar surface area (TPSA) is 156 Å². The minimum Gasteiger partial charge on any atom is -0.457 e. The first-order valence-corrected chi connectivity index (χ1v) is 5.43. The molecule has 0 aromatic heterocycles. The number of hydrogen-bond donors (Lipinski definition) is 0. The predicted octanol–water partition coefficient (Wildman–Crippen LogP) is 2.04. The molecule has 11 nitrogen and oxygen atoms in total. The Bertz CT molecular complexity index is 606. The van der Waals surface area contributed by atoms with Crippen LogP contribution in [0, 0.1) is 30.3 Å². The van der Waals surface area contributed by atoms with Crippen molar-refractivity contribution in [3.63, 3.8) is 0 Å². The lowest BCUT2D eigenvalue weighted by molar-refractivity contribution is -0.404. The van der Waals surface area contributed by atoms with E-state index in [1.54, 1.807) is 0 Å². The lowest BCUT2D eigenvalue weighted by Gasteiger charge is -2.12. The highest BCUT2D eigenvalue weighted by atomic mass is 16.6. The summed E-state index contributed by atoms with van der Waals surface area (Å²) in [7, 11) is 0. The molecule has 0 fully saturated rings. The molecular weight excluding hydrogens is 290 g/mol. The number of benzene rings is 1. The molecule has 0 saturated carbocycles. The van der Waals surface area contributed by atoms with Crippen LogP contribution in [0.1, 0.15) is 25.5 Å². The number of nitro groups is 3. The van der Waals surface area contributed by atoms with Gasteiger partial charge in [-0.2, -0.15) is 0 Å². The van der Waals surface area contributed by atoms with Crippen LogP contribution >= 0.6 is 0 Å². The van der Waals surface area contributed by atoms with Gasteiger partial charge in [-0.15, -0.1) is 0 Å². The van der Waals surface area contributed by atoms with Crippen molar-refractivity contribution >= 4 is 23.0 Å². The molecule has 11 heteroatoms. The van der Waals surface area contributed by atoms with E-state index in [4.69, 9.17) is 4.74 Å². The van der Waals surface area contributed by atoms with Crippen molar-refractivity contribution < 1.29 is 24.3 Å². The van der Waals surface area contributed by atoms with Gasteiger partial charge in [0, 0.05) is 6.92 Å². The summed E-state index contributed by atoms with van der Waals surface area (Å²) < 4.78 is 4.70. The van der Waals surface area contributed by atoms with Crippen LogP contribution in [0.3, 0.4) is 0 Å². The van der Waals surface area contributed by atoms with Crippen molar-refractivity contribution in [1.82, 2.24) is 0 Å². The molecule has 0 amide bonds. The van der Waals surface area contributed by atoms with E-state index in [0.717, 1.165) is 6.92 Å². The zero-order valence-corrected chi connectivity index (χ0v) is 10.8. The van der Waals surface area contributed by atoms with Crippen molar-refractivity contribution in [2.45, 2.75) is 20.0 Å². The van der Waals surface area contributed by atoms with Gasteiger partial charge in [-0.25, -0.2) is 0 Å². The zero-order valence-electron chi connectivity index (χ0n) is 10.8. The maximum atomic E-state index is 11.0. The number of carbonyl (C=O) groups is 1.